The lowest BCUT2D eigenvalue weighted by Crippen LogP contribution is -2.56. The lowest BCUT2D eigenvalue weighted by molar-refractivity contribution is -0.150. The third-order valence-electron chi connectivity index (χ3n) is 6.81. The molecule has 3 aliphatic rings. The molecule has 1 heterocycles. The Morgan fingerprint density at radius 1 is 1.09 bits per heavy atom. The van der Waals surface area contributed by atoms with Gasteiger partial charge in [-0.3, -0.25) is 4.79 Å². The standard InChI is InChI=1S/C25H26N2O5S/c1-2-21-27(20(14-33-21)22(28)29)23(30)25(11-12-25)26-24(31)32-13-19-17-9-5-3-7-15(17)16-8-4-6-10-18(16)19/h3-10,19-21H,2,11-14H2,1H3,(H,26,31)(H,28,29). The van der Waals surface area contributed by atoms with Gasteiger partial charge in [0, 0.05) is 11.7 Å². The monoisotopic (exact) mass is 466 g/mol. The van der Waals surface area contributed by atoms with Gasteiger partial charge in [-0.15, -0.1) is 11.8 Å². The molecule has 2 aliphatic carbocycles. The summed E-state index contributed by atoms with van der Waals surface area (Å²) in [5, 5.41) is 12.1. The molecule has 2 aromatic carbocycles. The van der Waals surface area contributed by atoms with Gasteiger partial charge in [0.1, 0.15) is 18.2 Å². The second-order valence-corrected chi connectivity index (χ2v) is 10.0. The van der Waals surface area contributed by atoms with Gasteiger partial charge < -0.3 is 20.1 Å². The normalized spacial score (nSPS) is 22.4. The number of rotatable bonds is 6. The maximum atomic E-state index is 13.3. The van der Waals surface area contributed by atoms with Crippen LogP contribution < -0.4 is 5.32 Å². The van der Waals surface area contributed by atoms with Crippen molar-refractivity contribution in [3.63, 3.8) is 0 Å². The van der Waals surface area contributed by atoms with E-state index in [4.69, 9.17) is 4.74 Å². The number of carbonyl (C=O) groups excluding carboxylic acids is 2. The van der Waals surface area contributed by atoms with E-state index in [1.54, 1.807) is 0 Å². The van der Waals surface area contributed by atoms with E-state index in [2.05, 4.69) is 29.6 Å². The largest absolute Gasteiger partial charge is 0.480 e. The van der Waals surface area contributed by atoms with Crippen LogP contribution in [-0.2, 0) is 14.3 Å². The number of carboxylic acids is 1. The molecule has 1 saturated carbocycles. The van der Waals surface area contributed by atoms with Crippen molar-refractivity contribution in [1.29, 1.82) is 0 Å². The zero-order chi connectivity index (χ0) is 23.2. The Bertz CT molecular complexity index is 1070. The number of benzene rings is 2. The highest BCUT2D eigenvalue weighted by Gasteiger charge is 2.57. The number of carboxylic acid groups (broad SMARTS) is 1. The van der Waals surface area contributed by atoms with Gasteiger partial charge in [0.15, 0.2) is 0 Å². The zero-order valence-corrected chi connectivity index (χ0v) is 19.1. The molecule has 1 aliphatic heterocycles. The minimum Gasteiger partial charge on any atom is -0.480 e. The van der Waals surface area contributed by atoms with Crippen LogP contribution >= 0.6 is 11.8 Å². The molecule has 5 rings (SSSR count). The van der Waals surface area contributed by atoms with Gasteiger partial charge in [-0.1, -0.05) is 55.5 Å². The minimum absolute atomic E-state index is 0.0650. The van der Waals surface area contributed by atoms with Crippen LogP contribution in [0.25, 0.3) is 11.1 Å². The van der Waals surface area contributed by atoms with Crippen molar-refractivity contribution in [3.05, 3.63) is 59.7 Å². The Hall–Kier alpha value is -3.00. The van der Waals surface area contributed by atoms with Crippen LogP contribution in [0.15, 0.2) is 48.5 Å². The van der Waals surface area contributed by atoms with Gasteiger partial charge in [0.2, 0.25) is 5.91 Å². The molecule has 1 saturated heterocycles. The van der Waals surface area contributed by atoms with Gasteiger partial charge in [-0.2, -0.15) is 0 Å². The molecule has 0 radical (unpaired) electrons. The molecule has 0 bridgehead atoms. The van der Waals surface area contributed by atoms with Crippen molar-refractivity contribution in [2.45, 2.75) is 49.1 Å². The summed E-state index contributed by atoms with van der Waals surface area (Å²) in [4.78, 5) is 39.2. The molecule has 8 heteroatoms. The maximum Gasteiger partial charge on any atom is 0.408 e. The SMILES string of the molecule is CCC1SCC(C(=O)O)N1C(=O)C1(NC(=O)OCC2c3ccccc3-c3ccccc32)CC1. The first-order chi connectivity index (χ1) is 15.9. The summed E-state index contributed by atoms with van der Waals surface area (Å²) in [6.07, 6.45) is 0.982. The van der Waals surface area contributed by atoms with E-state index in [0.29, 0.717) is 25.0 Å². The van der Waals surface area contributed by atoms with Crippen LogP contribution in [0.3, 0.4) is 0 Å². The highest BCUT2D eigenvalue weighted by atomic mass is 32.2. The van der Waals surface area contributed by atoms with Gasteiger partial charge in [0.05, 0.1) is 5.37 Å². The number of hydrogen-bond donors (Lipinski definition) is 2. The minimum atomic E-state index is -1.06. The van der Waals surface area contributed by atoms with Gasteiger partial charge in [0.25, 0.3) is 0 Å². The van der Waals surface area contributed by atoms with Crippen LogP contribution in [-0.4, -0.2) is 57.3 Å². The molecule has 172 valence electrons. The average molecular weight is 467 g/mol. The lowest BCUT2D eigenvalue weighted by Gasteiger charge is -2.31. The van der Waals surface area contributed by atoms with Crippen molar-refractivity contribution in [3.8, 4) is 11.1 Å². The highest BCUT2D eigenvalue weighted by molar-refractivity contribution is 8.00. The van der Waals surface area contributed by atoms with E-state index < -0.39 is 23.6 Å². The number of fused-ring (bicyclic) bond motifs is 3. The Labute approximate surface area is 196 Å². The number of nitrogens with zero attached hydrogens (tertiary/aromatic N) is 1. The quantitative estimate of drug-likeness (QED) is 0.672. The first-order valence-corrected chi connectivity index (χ1v) is 12.3. The van der Waals surface area contributed by atoms with E-state index in [9.17, 15) is 19.5 Å². The molecule has 0 spiro atoms. The van der Waals surface area contributed by atoms with Crippen molar-refractivity contribution < 1.29 is 24.2 Å². The Kier molecular flexibility index (Phi) is 5.56. The number of nitrogens with one attached hydrogen (secondary N) is 1. The topological polar surface area (TPSA) is 95.9 Å². The fourth-order valence-electron chi connectivity index (χ4n) is 4.93. The highest BCUT2D eigenvalue weighted by Crippen LogP contribution is 2.45. The molecular weight excluding hydrogens is 440 g/mol. The van der Waals surface area contributed by atoms with Crippen LogP contribution in [0.1, 0.15) is 43.2 Å². The Morgan fingerprint density at radius 3 is 2.24 bits per heavy atom. The molecular formula is C25H26N2O5S. The number of carbonyl (C=O) groups is 3. The van der Waals surface area contributed by atoms with Crippen molar-refractivity contribution in [1.82, 2.24) is 10.2 Å². The maximum absolute atomic E-state index is 13.3. The predicted octanol–water partition coefficient (Wildman–Crippen LogP) is 3.82. The number of aliphatic carboxylic acids is 1. The molecule has 2 N–H and O–H groups in total. The second kappa shape index (κ2) is 8.41. The summed E-state index contributed by atoms with van der Waals surface area (Å²) in [6.45, 7) is 2.10. The van der Waals surface area contributed by atoms with E-state index in [1.807, 2.05) is 31.2 Å². The van der Waals surface area contributed by atoms with Crippen molar-refractivity contribution in [2.24, 2.45) is 0 Å². The molecule has 2 atom stereocenters. The molecule has 2 aromatic rings. The summed E-state index contributed by atoms with van der Waals surface area (Å²) >= 11 is 1.47. The molecule has 2 unspecified atom stereocenters. The van der Waals surface area contributed by atoms with Crippen LogP contribution in [0, 0.1) is 0 Å². The fraction of sp³-hybridized carbons (Fsp3) is 0.400. The van der Waals surface area contributed by atoms with Gasteiger partial charge in [-0.05, 0) is 41.5 Å². The number of thioether (sulfide) groups is 1. The first-order valence-electron chi connectivity index (χ1n) is 11.3. The predicted molar refractivity (Wildman–Crippen MR) is 125 cm³/mol. The molecule has 33 heavy (non-hydrogen) atoms. The number of ether oxygens (including phenoxy) is 1. The lowest BCUT2D eigenvalue weighted by atomic mass is 9.98. The van der Waals surface area contributed by atoms with E-state index >= 15 is 0 Å². The van der Waals surface area contributed by atoms with E-state index in [-0.39, 0.29) is 23.8 Å². The van der Waals surface area contributed by atoms with Crippen LogP contribution in [0.2, 0.25) is 0 Å². The summed E-state index contributed by atoms with van der Waals surface area (Å²) in [5.74, 6) is -1.03. The number of alkyl carbamates (subject to hydrolysis) is 1. The Morgan fingerprint density at radius 2 is 1.70 bits per heavy atom. The van der Waals surface area contributed by atoms with Gasteiger partial charge in [-0.25, -0.2) is 9.59 Å². The average Bonchev–Trinajstić information content (AvgIpc) is 3.35. The molecule has 7 nitrogen and oxygen atoms in total. The van der Waals surface area contributed by atoms with Gasteiger partial charge >= 0.3 is 12.1 Å². The van der Waals surface area contributed by atoms with Crippen molar-refractivity contribution in [2.75, 3.05) is 12.4 Å². The van der Waals surface area contributed by atoms with E-state index in [0.717, 1.165) is 22.3 Å². The summed E-state index contributed by atoms with van der Waals surface area (Å²) < 4.78 is 5.61. The first kappa shape index (κ1) is 21.8. The zero-order valence-electron chi connectivity index (χ0n) is 18.3. The number of hydrogen-bond acceptors (Lipinski definition) is 5. The van der Waals surface area contributed by atoms with Crippen molar-refractivity contribution >= 4 is 29.7 Å². The number of amides is 2. The van der Waals surface area contributed by atoms with Crippen LogP contribution in [0.5, 0.6) is 0 Å². The third-order valence-corrected chi connectivity index (χ3v) is 8.26. The third kappa shape index (κ3) is 3.76. The summed E-state index contributed by atoms with van der Waals surface area (Å²) in [5.41, 5.74) is 3.47. The summed E-state index contributed by atoms with van der Waals surface area (Å²) in [7, 11) is 0. The molecule has 0 aromatic heterocycles. The smallest absolute Gasteiger partial charge is 0.408 e. The van der Waals surface area contributed by atoms with Crippen LogP contribution in [0.4, 0.5) is 4.79 Å². The molecule has 2 amide bonds. The fourth-order valence-corrected chi connectivity index (χ4v) is 6.28. The Balaban J connectivity index is 1.27. The molecule has 2 fully saturated rings. The van der Waals surface area contributed by atoms with E-state index in [1.165, 1.54) is 16.7 Å². The second-order valence-electron chi connectivity index (χ2n) is 8.80. The summed E-state index contributed by atoms with van der Waals surface area (Å²) in [6, 6.07) is 15.3.